The first-order valence-corrected chi connectivity index (χ1v) is 12.4. The highest BCUT2D eigenvalue weighted by atomic mass is 16.3. The highest BCUT2D eigenvalue weighted by molar-refractivity contribution is 5.39. The van der Waals surface area contributed by atoms with Gasteiger partial charge in [-0.25, -0.2) is 0 Å². The molecule has 0 aliphatic heterocycles. The Labute approximate surface area is 179 Å². The molecule has 0 amide bonds. The fraction of sp³-hybridized carbons (Fsp3) is 0.786. The SMILES string of the molecule is CC(C)C(C)C=CC(C)[C@H]1CC[C@H]2C3=CC=C4C[C@@H](O)CCC4(C)[C@@H]3CC[C@]12C. The van der Waals surface area contributed by atoms with Gasteiger partial charge in [-0.1, -0.05) is 77.0 Å². The van der Waals surface area contributed by atoms with Gasteiger partial charge in [0.25, 0.3) is 0 Å². The van der Waals surface area contributed by atoms with Crippen molar-refractivity contribution in [3.05, 3.63) is 35.5 Å². The molecule has 3 fully saturated rings. The van der Waals surface area contributed by atoms with E-state index in [-0.39, 0.29) is 6.10 Å². The first kappa shape index (κ1) is 21.4. The normalized spacial score (nSPS) is 44.0. The molecule has 0 saturated heterocycles. The Morgan fingerprint density at radius 1 is 0.931 bits per heavy atom. The molecule has 4 aliphatic rings. The maximum atomic E-state index is 10.2. The lowest BCUT2D eigenvalue weighted by atomic mass is 9.50. The third-order valence-electron chi connectivity index (χ3n) is 10.0. The average Bonchev–Trinajstić information content (AvgIpc) is 3.03. The molecule has 1 N–H and O–H groups in total. The van der Waals surface area contributed by atoms with Gasteiger partial charge in [-0.05, 0) is 91.3 Å². The molecule has 0 bridgehead atoms. The van der Waals surface area contributed by atoms with Crippen LogP contribution in [0.5, 0.6) is 0 Å². The Bertz CT molecular complexity index is 712. The van der Waals surface area contributed by atoms with Crippen LogP contribution in [0.2, 0.25) is 0 Å². The van der Waals surface area contributed by atoms with Crippen molar-refractivity contribution in [1.82, 2.24) is 0 Å². The minimum atomic E-state index is -0.116. The molecule has 4 aliphatic carbocycles. The molecule has 0 heterocycles. The number of rotatable bonds is 4. The van der Waals surface area contributed by atoms with Crippen LogP contribution in [0.1, 0.15) is 86.5 Å². The van der Waals surface area contributed by atoms with Gasteiger partial charge in [0.05, 0.1) is 6.10 Å². The largest absolute Gasteiger partial charge is 0.393 e. The molecule has 0 spiro atoms. The Morgan fingerprint density at radius 3 is 2.41 bits per heavy atom. The van der Waals surface area contributed by atoms with Gasteiger partial charge in [0.15, 0.2) is 0 Å². The van der Waals surface area contributed by atoms with E-state index >= 15 is 0 Å². The molecule has 1 nitrogen and oxygen atoms in total. The van der Waals surface area contributed by atoms with Crippen molar-refractivity contribution in [3.63, 3.8) is 0 Å². The van der Waals surface area contributed by atoms with Crippen molar-refractivity contribution in [2.75, 3.05) is 0 Å². The van der Waals surface area contributed by atoms with Gasteiger partial charge in [0, 0.05) is 0 Å². The van der Waals surface area contributed by atoms with Gasteiger partial charge in [-0.2, -0.15) is 0 Å². The van der Waals surface area contributed by atoms with Crippen LogP contribution in [0.3, 0.4) is 0 Å². The zero-order chi connectivity index (χ0) is 21.0. The van der Waals surface area contributed by atoms with Crippen LogP contribution < -0.4 is 0 Å². The lowest BCUT2D eigenvalue weighted by Crippen LogP contribution is -2.46. The first-order chi connectivity index (χ1) is 13.7. The van der Waals surface area contributed by atoms with Gasteiger partial charge in [-0.15, -0.1) is 0 Å². The lowest BCUT2D eigenvalue weighted by molar-refractivity contribution is 0.0382. The molecule has 0 radical (unpaired) electrons. The van der Waals surface area contributed by atoms with Crippen molar-refractivity contribution < 1.29 is 5.11 Å². The second-order valence-electron chi connectivity index (χ2n) is 11.9. The van der Waals surface area contributed by atoms with Crippen LogP contribution >= 0.6 is 0 Å². The van der Waals surface area contributed by atoms with Crippen LogP contribution in [0, 0.1) is 46.3 Å². The Hall–Kier alpha value is -0.820. The summed E-state index contributed by atoms with van der Waals surface area (Å²) in [7, 11) is 0. The van der Waals surface area contributed by atoms with E-state index in [1.165, 1.54) is 37.7 Å². The second kappa shape index (κ2) is 7.70. The summed E-state index contributed by atoms with van der Waals surface area (Å²) in [4.78, 5) is 0. The number of fused-ring (bicyclic) bond motifs is 5. The van der Waals surface area contributed by atoms with Crippen LogP contribution in [-0.4, -0.2) is 11.2 Å². The van der Waals surface area contributed by atoms with E-state index in [0.717, 1.165) is 36.5 Å². The number of aliphatic hydroxyl groups excluding tert-OH is 1. The summed E-state index contributed by atoms with van der Waals surface area (Å²) >= 11 is 0. The van der Waals surface area contributed by atoms with E-state index in [0.29, 0.717) is 22.7 Å². The molecule has 3 unspecified atom stereocenters. The summed E-state index contributed by atoms with van der Waals surface area (Å²) in [6.45, 7) is 14.6. The molecule has 1 heteroatoms. The standard InChI is InChI=1S/C28H44O/c1-18(2)19(3)7-8-20(4)24-11-12-25-23-10-9-21-17-22(29)13-15-27(21,5)26(23)14-16-28(24,25)6/h7-10,18-20,22,24-26,29H,11-17H2,1-6H3/t19?,20?,22-,24+,25-,26+,27?,28+/m0/s1. The van der Waals surface area contributed by atoms with Crippen LogP contribution in [0.4, 0.5) is 0 Å². The topological polar surface area (TPSA) is 20.2 Å². The maximum Gasteiger partial charge on any atom is 0.0578 e. The van der Waals surface area contributed by atoms with Crippen LogP contribution in [0.15, 0.2) is 35.5 Å². The van der Waals surface area contributed by atoms with Crippen LogP contribution in [0.25, 0.3) is 0 Å². The van der Waals surface area contributed by atoms with Gasteiger partial charge >= 0.3 is 0 Å². The van der Waals surface area contributed by atoms with Crippen molar-refractivity contribution >= 4 is 0 Å². The smallest absolute Gasteiger partial charge is 0.0578 e. The summed E-state index contributed by atoms with van der Waals surface area (Å²) in [5.74, 6) is 4.38. The molecule has 0 aromatic carbocycles. The van der Waals surface area contributed by atoms with Crippen molar-refractivity contribution in [2.45, 2.75) is 92.6 Å². The molecule has 162 valence electrons. The van der Waals surface area contributed by atoms with Crippen molar-refractivity contribution in [2.24, 2.45) is 46.3 Å². The van der Waals surface area contributed by atoms with Crippen molar-refractivity contribution in [3.8, 4) is 0 Å². The third-order valence-corrected chi connectivity index (χ3v) is 10.0. The Morgan fingerprint density at radius 2 is 1.69 bits per heavy atom. The fourth-order valence-electron chi connectivity index (χ4n) is 7.59. The van der Waals surface area contributed by atoms with E-state index in [1.54, 1.807) is 5.57 Å². The predicted octanol–water partition coefficient (Wildman–Crippen LogP) is 7.33. The number of hydrogen-bond donors (Lipinski definition) is 1. The minimum Gasteiger partial charge on any atom is -0.393 e. The molecule has 29 heavy (non-hydrogen) atoms. The summed E-state index contributed by atoms with van der Waals surface area (Å²) in [6.07, 6.45) is 18.4. The third kappa shape index (κ3) is 3.50. The van der Waals surface area contributed by atoms with E-state index in [2.05, 4.69) is 65.8 Å². The summed E-state index contributed by atoms with van der Waals surface area (Å²) in [5.41, 5.74) is 4.07. The fourth-order valence-corrected chi connectivity index (χ4v) is 7.59. The highest BCUT2D eigenvalue weighted by Gasteiger charge is 2.56. The molecule has 0 aromatic rings. The summed E-state index contributed by atoms with van der Waals surface area (Å²) in [5, 5.41) is 10.2. The van der Waals surface area contributed by atoms with E-state index < -0.39 is 0 Å². The van der Waals surface area contributed by atoms with E-state index in [1.807, 2.05) is 0 Å². The quantitative estimate of drug-likeness (QED) is 0.493. The van der Waals surface area contributed by atoms with Crippen molar-refractivity contribution in [1.29, 1.82) is 0 Å². The molecular weight excluding hydrogens is 352 g/mol. The number of aliphatic hydroxyl groups is 1. The first-order valence-electron chi connectivity index (χ1n) is 12.4. The maximum absolute atomic E-state index is 10.2. The molecular formula is C28H44O. The molecule has 0 aromatic heterocycles. The van der Waals surface area contributed by atoms with E-state index in [9.17, 15) is 5.11 Å². The van der Waals surface area contributed by atoms with Gasteiger partial charge in [0.1, 0.15) is 0 Å². The van der Waals surface area contributed by atoms with E-state index in [4.69, 9.17) is 0 Å². The van der Waals surface area contributed by atoms with Gasteiger partial charge < -0.3 is 5.11 Å². The highest BCUT2D eigenvalue weighted by Crippen LogP contribution is 2.65. The summed E-state index contributed by atoms with van der Waals surface area (Å²) in [6, 6.07) is 0. The lowest BCUT2D eigenvalue weighted by Gasteiger charge is -2.55. The molecule has 4 rings (SSSR count). The minimum absolute atomic E-state index is 0.116. The number of allylic oxidation sites excluding steroid dienone is 5. The summed E-state index contributed by atoms with van der Waals surface area (Å²) < 4.78 is 0. The van der Waals surface area contributed by atoms with Crippen LogP contribution in [-0.2, 0) is 0 Å². The zero-order valence-electron chi connectivity index (χ0n) is 19.7. The predicted molar refractivity (Wildman–Crippen MR) is 123 cm³/mol. The average molecular weight is 397 g/mol. The monoisotopic (exact) mass is 396 g/mol. The number of hydrogen-bond acceptors (Lipinski definition) is 1. The van der Waals surface area contributed by atoms with Gasteiger partial charge in [-0.3, -0.25) is 0 Å². The Balaban J connectivity index is 1.57. The molecule has 3 saturated carbocycles. The zero-order valence-corrected chi connectivity index (χ0v) is 19.7. The van der Waals surface area contributed by atoms with Gasteiger partial charge in [0.2, 0.25) is 0 Å². The second-order valence-corrected chi connectivity index (χ2v) is 11.9. The molecule has 8 atom stereocenters. The Kier molecular flexibility index (Phi) is 5.69.